The van der Waals surface area contributed by atoms with Crippen molar-refractivity contribution in [3.05, 3.63) is 65.7 Å². The molecule has 0 aromatic heterocycles. The molecule has 2 aromatic carbocycles. The van der Waals surface area contributed by atoms with Gasteiger partial charge in [0.05, 0.1) is 10.8 Å². The molecular weight excluding hydrogens is 348 g/mol. The van der Waals surface area contributed by atoms with Gasteiger partial charge in [0.2, 0.25) is 15.9 Å². The van der Waals surface area contributed by atoms with E-state index in [9.17, 15) is 13.2 Å². The number of sulfonamides is 1. The Labute approximate surface area is 155 Å². The second-order valence-electron chi connectivity index (χ2n) is 6.66. The molecule has 2 aromatic rings. The molecule has 1 fully saturated rings. The molecule has 0 aliphatic carbocycles. The number of aryl methyl sites for hydroxylation is 1. The van der Waals surface area contributed by atoms with Gasteiger partial charge in [-0.3, -0.25) is 4.79 Å². The fourth-order valence-electron chi connectivity index (χ4n) is 3.25. The molecule has 1 N–H and O–H groups in total. The highest BCUT2D eigenvalue weighted by molar-refractivity contribution is 7.89. The molecule has 1 aliphatic rings. The van der Waals surface area contributed by atoms with E-state index in [1.807, 2.05) is 31.2 Å². The van der Waals surface area contributed by atoms with Crippen molar-refractivity contribution < 1.29 is 13.2 Å². The molecule has 1 saturated heterocycles. The van der Waals surface area contributed by atoms with Crippen molar-refractivity contribution in [2.24, 2.45) is 5.92 Å². The first-order valence-corrected chi connectivity index (χ1v) is 10.3. The number of nitrogens with zero attached hydrogens (tertiary/aromatic N) is 1. The van der Waals surface area contributed by atoms with E-state index in [1.165, 1.54) is 4.31 Å². The Bertz CT molecular complexity index is 866. The van der Waals surface area contributed by atoms with Gasteiger partial charge < -0.3 is 5.32 Å². The zero-order chi connectivity index (χ0) is 18.6. The Balaban J connectivity index is 1.65. The summed E-state index contributed by atoms with van der Waals surface area (Å²) in [6, 6.07) is 16.3. The van der Waals surface area contributed by atoms with Gasteiger partial charge in [-0.05, 0) is 43.0 Å². The summed E-state index contributed by atoms with van der Waals surface area (Å²) in [6.45, 7) is 3.17. The third-order valence-electron chi connectivity index (χ3n) is 4.85. The van der Waals surface area contributed by atoms with Crippen LogP contribution in [0.15, 0.2) is 59.5 Å². The van der Waals surface area contributed by atoms with E-state index in [2.05, 4.69) is 5.32 Å². The van der Waals surface area contributed by atoms with Gasteiger partial charge in [0.1, 0.15) is 0 Å². The van der Waals surface area contributed by atoms with Crippen LogP contribution >= 0.6 is 0 Å². The van der Waals surface area contributed by atoms with Crippen LogP contribution in [0.5, 0.6) is 0 Å². The maximum absolute atomic E-state index is 12.8. The van der Waals surface area contributed by atoms with Crippen molar-refractivity contribution in [3.8, 4) is 0 Å². The highest BCUT2D eigenvalue weighted by atomic mass is 32.2. The molecule has 138 valence electrons. The number of nitrogens with one attached hydrogen (secondary N) is 1. The first kappa shape index (κ1) is 18.6. The molecule has 1 aliphatic heterocycles. The van der Waals surface area contributed by atoms with Crippen LogP contribution in [0, 0.1) is 12.8 Å². The van der Waals surface area contributed by atoms with Gasteiger partial charge in [-0.25, -0.2) is 8.42 Å². The molecule has 1 heterocycles. The fraction of sp³-hybridized carbons (Fsp3) is 0.350. The predicted octanol–water partition coefficient (Wildman–Crippen LogP) is 2.71. The summed E-state index contributed by atoms with van der Waals surface area (Å²) in [5.74, 6) is -0.396. The van der Waals surface area contributed by atoms with Crippen molar-refractivity contribution in [2.45, 2.75) is 31.2 Å². The van der Waals surface area contributed by atoms with E-state index in [1.54, 1.807) is 30.3 Å². The Morgan fingerprint density at radius 2 is 1.81 bits per heavy atom. The normalized spacial score (nSPS) is 18.4. The number of piperidine rings is 1. The molecule has 0 saturated carbocycles. The molecule has 0 spiro atoms. The van der Waals surface area contributed by atoms with Gasteiger partial charge in [0.25, 0.3) is 0 Å². The number of rotatable bonds is 5. The largest absolute Gasteiger partial charge is 0.352 e. The zero-order valence-corrected chi connectivity index (χ0v) is 15.7. The van der Waals surface area contributed by atoms with Crippen molar-refractivity contribution in [1.29, 1.82) is 0 Å². The summed E-state index contributed by atoms with van der Waals surface area (Å²) >= 11 is 0. The van der Waals surface area contributed by atoms with Gasteiger partial charge in [-0.15, -0.1) is 0 Å². The first-order chi connectivity index (χ1) is 12.5. The Morgan fingerprint density at radius 3 is 2.54 bits per heavy atom. The second kappa shape index (κ2) is 8.01. The van der Waals surface area contributed by atoms with E-state index in [0.29, 0.717) is 25.9 Å². The summed E-state index contributed by atoms with van der Waals surface area (Å²) in [5.41, 5.74) is 2.20. The summed E-state index contributed by atoms with van der Waals surface area (Å²) in [7, 11) is -3.55. The Morgan fingerprint density at radius 1 is 1.12 bits per heavy atom. The van der Waals surface area contributed by atoms with Gasteiger partial charge in [-0.1, -0.05) is 42.5 Å². The SMILES string of the molecule is Cc1ccccc1CNC(=O)[C@@H]1CCCN(S(=O)(=O)c2ccccc2)C1. The summed E-state index contributed by atoms with van der Waals surface area (Å²) in [4.78, 5) is 12.8. The second-order valence-corrected chi connectivity index (χ2v) is 8.60. The maximum atomic E-state index is 12.8. The number of carbonyl (C=O) groups is 1. The average Bonchev–Trinajstić information content (AvgIpc) is 2.68. The van der Waals surface area contributed by atoms with Crippen LogP contribution < -0.4 is 5.32 Å². The summed E-state index contributed by atoms with van der Waals surface area (Å²) in [6.07, 6.45) is 1.40. The van der Waals surface area contributed by atoms with E-state index >= 15 is 0 Å². The van der Waals surface area contributed by atoms with E-state index in [-0.39, 0.29) is 23.3 Å². The lowest BCUT2D eigenvalue weighted by atomic mass is 9.98. The zero-order valence-electron chi connectivity index (χ0n) is 14.9. The third kappa shape index (κ3) is 4.14. The lowest BCUT2D eigenvalue weighted by Crippen LogP contribution is -2.45. The molecule has 1 atom stereocenters. The van der Waals surface area contributed by atoms with Crippen molar-refractivity contribution >= 4 is 15.9 Å². The molecule has 5 nitrogen and oxygen atoms in total. The van der Waals surface area contributed by atoms with Crippen LogP contribution in [0.1, 0.15) is 24.0 Å². The van der Waals surface area contributed by atoms with Crippen LogP contribution in [0.4, 0.5) is 0 Å². The van der Waals surface area contributed by atoms with Crippen molar-refractivity contribution in [1.82, 2.24) is 9.62 Å². The van der Waals surface area contributed by atoms with Crippen LogP contribution in [-0.2, 0) is 21.4 Å². The molecule has 3 rings (SSSR count). The van der Waals surface area contributed by atoms with E-state index in [0.717, 1.165) is 11.1 Å². The van der Waals surface area contributed by atoms with Gasteiger partial charge in [0, 0.05) is 19.6 Å². The number of carbonyl (C=O) groups excluding carboxylic acids is 1. The smallest absolute Gasteiger partial charge is 0.243 e. The predicted molar refractivity (Wildman–Crippen MR) is 101 cm³/mol. The van der Waals surface area contributed by atoms with Crippen molar-refractivity contribution in [3.63, 3.8) is 0 Å². The molecule has 0 radical (unpaired) electrons. The van der Waals surface area contributed by atoms with Crippen molar-refractivity contribution in [2.75, 3.05) is 13.1 Å². The van der Waals surface area contributed by atoms with Gasteiger partial charge in [0.15, 0.2) is 0 Å². The quantitative estimate of drug-likeness (QED) is 0.878. The maximum Gasteiger partial charge on any atom is 0.243 e. The topological polar surface area (TPSA) is 66.5 Å². The van der Waals surface area contributed by atoms with Crippen LogP contribution in [0.25, 0.3) is 0 Å². The van der Waals surface area contributed by atoms with Gasteiger partial charge >= 0.3 is 0 Å². The summed E-state index contributed by atoms with van der Waals surface area (Å²) in [5, 5.41) is 2.96. The molecule has 1 amide bonds. The van der Waals surface area contributed by atoms with Crippen LogP contribution in [0.3, 0.4) is 0 Å². The lowest BCUT2D eigenvalue weighted by Gasteiger charge is -2.31. The first-order valence-electron chi connectivity index (χ1n) is 8.86. The third-order valence-corrected chi connectivity index (χ3v) is 6.73. The van der Waals surface area contributed by atoms with Crippen LogP contribution in [0.2, 0.25) is 0 Å². The minimum atomic E-state index is -3.55. The number of hydrogen-bond acceptors (Lipinski definition) is 3. The number of amides is 1. The molecule has 0 unspecified atom stereocenters. The molecular formula is C20H24N2O3S. The molecule has 0 bridgehead atoms. The number of benzene rings is 2. The monoisotopic (exact) mass is 372 g/mol. The van der Waals surface area contributed by atoms with E-state index in [4.69, 9.17) is 0 Å². The Hall–Kier alpha value is -2.18. The number of hydrogen-bond donors (Lipinski definition) is 1. The average molecular weight is 372 g/mol. The minimum absolute atomic E-state index is 0.0822. The van der Waals surface area contributed by atoms with Gasteiger partial charge in [-0.2, -0.15) is 4.31 Å². The van der Waals surface area contributed by atoms with E-state index < -0.39 is 10.0 Å². The standard InChI is InChI=1S/C20H24N2O3S/c1-16-8-5-6-9-17(16)14-21-20(23)18-10-7-13-22(15-18)26(24,25)19-11-3-2-4-12-19/h2-6,8-9,11-12,18H,7,10,13-15H2,1H3,(H,21,23)/t18-/m1/s1. The molecule has 26 heavy (non-hydrogen) atoms. The fourth-order valence-corrected chi connectivity index (χ4v) is 4.80. The Kier molecular flexibility index (Phi) is 5.74. The van der Waals surface area contributed by atoms with Crippen LogP contribution in [-0.4, -0.2) is 31.7 Å². The summed E-state index contributed by atoms with van der Waals surface area (Å²) < 4.78 is 27.0. The highest BCUT2D eigenvalue weighted by Gasteiger charge is 2.33. The molecule has 6 heteroatoms. The highest BCUT2D eigenvalue weighted by Crippen LogP contribution is 2.24. The minimum Gasteiger partial charge on any atom is -0.352 e. The lowest BCUT2D eigenvalue weighted by molar-refractivity contribution is -0.126.